The second kappa shape index (κ2) is 13.6. The van der Waals surface area contributed by atoms with E-state index in [1.807, 2.05) is 0 Å². The number of aliphatic carboxylic acids is 2. The number of unbranched alkanes of at least 4 members (excludes halogenated alkanes) is 5. The molecule has 0 aromatic rings. The first-order valence-electron chi connectivity index (χ1n) is 8.48. The molecule has 0 saturated heterocycles. The average molecular weight is 316 g/mol. The highest BCUT2D eigenvalue weighted by Gasteiger charge is 2.11. The molecule has 0 heterocycles. The van der Waals surface area contributed by atoms with Crippen LogP contribution in [0.3, 0.4) is 0 Å². The van der Waals surface area contributed by atoms with E-state index in [2.05, 4.69) is 34.6 Å². The molecule has 2 N–H and O–H groups in total. The van der Waals surface area contributed by atoms with E-state index in [0.29, 0.717) is 5.41 Å². The number of carboxylic acids is 2. The SMILES string of the molecule is CC(C)CC(C)(C)C.O=C(O)CCCCCCCCC(=O)O. The number of rotatable bonds is 10. The van der Waals surface area contributed by atoms with Crippen molar-refractivity contribution in [3.05, 3.63) is 0 Å². The minimum atomic E-state index is -0.740. The summed E-state index contributed by atoms with van der Waals surface area (Å²) in [4.78, 5) is 20.3. The van der Waals surface area contributed by atoms with Gasteiger partial charge in [0.2, 0.25) is 0 Å². The Bertz CT molecular complexity index is 270. The first kappa shape index (κ1) is 23.2. The number of carboxylic acid groups (broad SMARTS) is 2. The molecule has 22 heavy (non-hydrogen) atoms. The van der Waals surface area contributed by atoms with E-state index < -0.39 is 11.9 Å². The Morgan fingerprint density at radius 1 is 0.773 bits per heavy atom. The van der Waals surface area contributed by atoms with Gasteiger partial charge in [0.05, 0.1) is 0 Å². The average Bonchev–Trinajstić information content (AvgIpc) is 2.29. The van der Waals surface area contributed by atoms with Gasteiger partial charge in [-0.2, -0.15) is 0 Å². The molecule has 0 amide bonds. The minimum Gasteiger partial charge on any atom is -0.481 e. The Morgan fingerprint density at radius 3 is 1.27 bits per heavy atom. The predicted octanol–water partition coefficient (Wildman–Crippen LogP) is 5.36. The highest BCUT2D eigenvalue weighted by Crippen LogP contribution is 2.23. The van der Waals surface area contributed by atoms with Crippen LogP contribution in [0.4, 0.5) is 0 Å². The molecule has 0 radical (unpaired) electrons. The van der Waals surface area contributed by atoms with Crippen LogP contribution in [-0.4, -0.2) is 22.2 Å². The van der Waals surface area contributed by atoms with E-state index in [9.17, 15) is 9.59 Å². The first-order valence-corrected chi connectivity index (χ1v) is 8.48. The summed E-state index contributed by atoms with van der Waals surface area (Å²) in [6.07, 6.45) is 7.15. The molecule has 0 aromatic heterocycles. The molecule has 0 aliphatic rings. The van der Waals surface area contributed by atoms with Crippen LogP contribution in [0.2, 0.25) is 0 Å². The van der Waals surface area contributed by atoms with Gasteiger partial charge in [-0.1, -0.05) is 60.3 Å². The number of hydrogen-bond donors (Lipinski definition) is 2. The van der Waals surface area contributed by atoms with Gasteiger partial charge in [0.15, 0.2) is 0 Å². The van der Waals surface area contributed by atoms with Gasteiger partial charge in [-0.05, 0) is 30.6 Å². The zero-order chi connectivity index (χ0) is 17.6. The lowest BCUT2D eigenvalue weighted by Crippen LogP contribution is -2.08. The maximum Gasteiger partial charge on any atom is 0.303 e. The molecule has 0 saturated carbocycles. The van der Waals surface area contributed by atoms with Gasteiger partial charge in [-0.3, -0.25) is 9.59 Å². The van der Waals surface area contributed by atoms with Crippen molar-refractivity contribution < 1.29 is 19.8 Å². The van der Waals surface area contributed by atoms with Crippen LogP contribution in [0.5, 0.6) is 0 Å². The maximum absolute atomic E-state index is 10.1. The topological polar surface area (TPSA) is 74.6 Å². The standard InChI is InChI=1S/C10H18O4.C8H18/c11-9(12)7-5-3-1-2-4-6-8-10(13)14;1-7(2)6-8(3,4)5/h1-8H2,(H,11,12)(H,13,14);7H,6H2,1-5H3. The summed E-state index contributed by atoms with van der Waals surface area (Å²) in [5, 5.41) is 16.7. The van der Waals surface area contributed by atoms with Crippen molar-refractivity contribution in [2.75, 3.05) is 0 Å². The summed E-state index contributed by atoms with van der Waals surface area (Å²) in [7, 11) is 0. The van der Waals surface area contributed by atoms with Crippen molar-refractivity contribution in [1.82, 2.24) is 0 Å². The van der Waals surface area contributed by atoms with Crippen molar-refractivity contribution in [2.45, 2.75) is 92.4 Å². The summed E-state index contributed by atoms with van der Waals surface area (Å²) >= 11 is 0. The van der Waals surface area contributed by atoms with Crippen molar-refractivity contribution in [3.63, 3.8) is 0 Å². The summed E-state index contributed by atoms with van der Waals surface area (Å²) in [6, 6.07) is 0. The lowest BCUT2D eigenvalue weighted by Gasteiger charge is -2.19. The monoisotopic (exact) mass is 316 g/mol. The van der Waals surface area contributed by atoms with Crippen molar-refractivity contribution >= 4 is 11.9 Å². The number of carbonyl (C=O) groups is 2. The van der Waals surface area contributed by atoms with E-state index in [1.54, 1.807) is 0 Å². The smallest absolute Gasteiger partial charge is 0.303 e. The van der Waals surface area contributed by atoms with Gasteiger partial charge < -0.3 is 10.2 Å². The predicted molar refractivity (Wildman–Crippen MR) is 91.1 cm³/mol. The van der Waals surface area contributed by atoms with E-state index in [0.717, 1.165) is 44.4 Å². The Labute approximate surface area is 136 Å². The zero-order valence-electron chi connectivity index (χ0n) is 15.2. The molecule has 0 aliphatic carbocycles. The molecule has 0 rings (SSSR count). The lowest BCUT2D eigenvalue weighted by atomic mass is 9.86. The first-order chi connectivity index (χ1) is 10.0. The largest absolute Gasteiger partial charge is 0.481 e. The molecule has 4 heteroatoms. The summed E-state index contributed by atoms with van der Waals surface area (Å²) in [5.74, 6) is -0.637. The molecule has 0 atom stereocenters. The lowest BCUT2D eigenvalue weighted by molar-refractivity contribution is -0.138. The van der Waals surface area contributed by atoms with E-state index >= 15 is 0 Å². The Balaban J connectivity index is 0. The third-order valence-electron chi connectivity index (χ3n) is 3.05. The molecule has 132 valence electrons. The van der Waals surface area contributed by atoms with Crippen LogP contribution in [0, 0.1) is 11.3 Å². The van der Waals surface area contributed by atoms with Gasteiger partial charge in [-0.15, -0.1) is 0 Å². The zero-order valence-corrected chi connectivity index (χ0v) is 15.2. The third kappa shape index (κ3) is 27.3. The molecule has 0 aromatic carbocycles. The molecule has 0 spiro atoms. The molecular weight excluding hydrogens is 280 g/mol. The van der Waals surface area contributed by atoms with Crippen LogP contribution < -0.4 is 0 Å². The second-order valence-corrected chi connectivity index (χ2v) is 7.57. The van der Waals surface area contributed by atoms with Gasteiger partial charge in [0.1, 0.15) is 0 Å². The summed E-state index contributed by atoms with van der Waals surface area (Å²) in [6.45, 7) is 11.4. The molecule has 0 fully saturated rings. The normalized spacial score (nSPS) is 11.0. The third-order valence-corrected chi connectivity index (χ3v) is 3.05. The van der Waals surface area contributed by atoms with Crippen LogP contribution in [-0.2, 0) is 9.59 Å². The van der Waals surface area contributed by atoms with Crippen molar-refractivity contribution in [1.29, 1.82) is 0 Å². The van der Waals surface area contributed by atoms with Crippen LogP contribution >= 0.6 is 0 Å². The summed E-state index contributed by atoms with van der Waals surface area (Å²) in [5.41, 5.74) is 0.522. The van der Waals surface area contributed by atoms with Crippen LogP contribution in [0.15, 0.2) is 0 Å². The molecule has 4 nitrogen and oxygen atoms in total. The quantitative estimate of drug-likeness (QED) is 0.532. The molecule has 0 bridgehead atoms. The van der Waals surface area contributed by atoms with Gasteiger partial charge in [0, 0.05) is 12.8 Å². The Morgan fingerprint density at radius 2 is 1.09 bits per heavy atom. The number of hydrogen-bond acceptors (Lipinski definition) is 2. The van der Waals surface area contributed by atoms with E-state index in [4.69, 9.17) is 10.2 Å². The van der Waals surface area contributed by atoms with Gasteiger partial charge in [-0.25, -0.2) is 0 Å². The van der Waals surface area contributed by atoms with Crippen molar-refractivity contribution in [3.8, 4) is 0 Å². The van der Waals surface area contributed by atoms with Crippen LogP contribution in [0.1, 0.15) is 92.4 Å². The molecular formula is C18H36O4. The summed E-state index contributed by atoms with van der Waals surface area (Å²) < 4.78 is 0. The van der Waals surface area contributed by atoms with Crippen LogP contribution in [0.25, 0.3) is 0 Å². The van der Waals surface area contributed by atoms with Gasteiger partial charge in [0.25, 0.3) is 0 Å². The van der Waals surface area contributed by atoms with E-state index in [-0.39, 0.29) is 12.8 Å². The Kier molecular flexibility index (Phi) is 14.3. The Hall–Kier alpha value is -1.06. The fourth-order valence-electron chi connectivity index (χ4n) is 2.48. The second-order valence-electron chi connectivity index (χ2n) is 7.57. The van der Waals surface area contributed by atoms with Crippen molar-refractivity contribution in [2.24, 2.45) is 11.3 Å². The molecule has 0 aliphatic heterocycles. The highest BCUT2D eigenvalue weighted by molar-refractivity contribution is 5.66. The van der Waals surface area contributed by atoms with Gasteiger partial charge >= 0.3 is 11.9 Å². The fraction of sp³-hybridized carbons (Fsp3) is 0.889. The maximum atomic E-state index is 10.1. The minimum absolute atomic E-state index is 0.245. The molecule has 0 unspecified atom stereocenters. The van der Waals surface area contributed by atoms with E-state index in [1.165, 1.54) is 6.42 Å². The highest BCUT2D eigenvalue weighted by atomic mass is 16.4. The fourth-order valence-corrected chi connectivity index (χ4v) is 2.48.